The predicted molar refractivity (Wildman–Crippen MR) is 107 cm³/mol. The van der Waals surface area contributed by atoms with Crippen LogP contribution in [0.1, 0.15) is 24.6 Å². The van der Waals surface area contributed by atoms with E-state index in [1.807, 2.05) is 48.5 Å². The monoisotopic (exact) mass is 364 g/mol. The van der Waals surface area contributed by atoms with E-state index in [0.717, 1.165) is 59.5 Å². The van der Waals surface area contributed by atoms with Gasteiger partial charge in [-0.3, -0.25) is 0 Å². The van der Waals surface area contributed by atoms with Crippen molar-refractivity contribution in [3.8, 4) is 11.3 Å². The zero-order valence-corrected chi connectivity index (χ0v) is 15.2. The summed E-state index contributed by atoms with van der Waals surface area (Å²) >= 11 is 5.99. The number of halogens is 1. The van der Waals surface area contributed by atoms with E-state index in [1.54, 1.807) is 0 Å². The molecule has 2 aromatic carbocycles. The third-order valence-electron chi connectivity index (χ3n) is 4.59. The van der Waals surface area contributed by atoms with Gasteiger partial charge in [0.15, 0.2) is 0 Å². The summed E-state index contributed by atoms with van der Waals surface area (Å²) in [7, 11) is 0. The van der Waals surface area contributed by atoms with E-state index in [2.05, 4.69) is 22.8 Å². The Morgan fingerprint density at radius 1 is 1.00 bits per heavy atom. The molecule has 0 bridgehead atoms. The van der Waals surface area contributed by atoms with Crippen molar-refractivity contribution in [2.75, 3.05) is 18.4 Å². The zero-order valence-electron chi connectivity index (χ0n) is 14.5. The van der Waals surface area contributed by atoms with Gasteiger partial charge in [-0.1, -0.05) is 41.9 Å². The highest BCUT2D eigenvalue weighted by molar-refractivity contribution is 6.30. The molecule has 0 amide bonds. The lowest BCUT2D eigenvalue weighted by Crippen LogP contribution is -2.29. The Hall–Kier alpha value is -2.43. The first-order valence-electron chi connectivity index (χ1n) is 8.96. The molecule has 1 unspecified atom stereocenters. The summed E-state index contributed by atoms with van der Waals surface area (Å²) in [5.41, 5.74) is 3.00. The molecule has 5 heteroatoms. The average molecular weight is 365 g/mol. The molecule has 132 valence electrons. The van der Waals surface area contributed by atoms with Crippen LogP contribution in [0.5, 0.6) is 0 Å². The highest BCUT2D eigenvalue weighted by atomic mass is 35.5. The van der Waals surface area contributed by atoms with Crippen molar-refractivity contribution < 1.29 is 0 Å². The number of nitrogens with zero attached hydrogens (tertiary/aromatic N) is 2. The molecule has 1 aromatic heterocycles. The summed E-state index contributed by atoms with van der Waals surface area (Å²) in [4.78, 5) is 9.68. The van der Waals surface area contributed by atoms with Gasteiger partial charge < -0.3 is 10.6 Å². The fourth-order valence-electron chi connectivity index (χ4n) is 3.22. The first-order valence-corrected chi connectivity index (χ1v) is 9.33. The first-order chi connectivity index (χ1) is 12.8. The number of piperidine rings is 1. The van der Waals surface area contributed by atoms with Crippen molar-refractivity contribution in [3.63, 3.8) is 0 Å². The number of hydrogen-bond acceptors (Lipinski definition) is 4. The number of rotatable bonds is 4. The molecule has 1 fully saturated rings. The van der Waals surface area contributed by atoms with Crippen molar-refractivity contribution >= 4 is 23.1 Å². The largest absolute Gasteiger partial charge is 0.340 e. The average Bonchev–Trinajstić information content (AvgIpc) is 2.71. The van der Waals surface area contributed by atoms with Crippen LogP contribution in [0.4, 0.5) is 11.5 Å². The number of nitrogens with one attached hydrogen (secondary N) is 2. The Balaban J connectivity index is 1.70. The standard InChI is InChI=1S/C21H21ClN4/c22-17-8-10-18(11-9-17)24-20-13-19(15-5-2-1-3-6-15)25-21(26-20)16-7-4-12-23-14-16/h1-3,5-6,8-11,13,16,23H,4,7,12,14H2,(H,24,25,26). The molecule has 1 atom stereocenters. The van der Waals surface area contributed by atoms with Gasteiger partial charge in [0.25, 0.3) is 0 Å². The van der Waals surface area contributed by atoms with E-state index in [4.69, 9.17) is 21.6 Å². The molecule has 0 saturated carbocycles. The number of benzene rings is 2. The molecule has 2 heterocycles. The van der Waals surface area contributed by atoms with Gasteiger partial charge in [0.1, 0.15) is 11.6 Å². The highest BCUT2D eigenvalue weighted by Gasteiger charge is 2.19. The molecule has 1 aliphatic heterocycles. The third kappa shape index (κ3) is 4.03. The normalized spacial score (nSPS) is 17.0. The summed E-state index contributed by atoms with van der Waals surface area (Å²) < 4.78 is 0. The number of anilines is 2. The fraction of sp³-hybridized carbons (Fsp3) is 0.238. The minimum absolute atomic E-state index is 0.346. The molecule has 4 nitrogen and oxygen atoms in total. The van der Waals surface area contributed by atoms with Crippen LogP contribution in [0.25, 0.3) is 11.3 Å². The Labute approximate surface area is 158 Å². The van der Waals surface area contributed by atoms with Crippen LogP contribution in [0.2, 0.25) is 5.02 Å². The van der Waals surface area contributed by atoms with Crippen LogP contribution < -0.4 is 10.6 Å². The van der Waals surface area contributed by atoms with E-state index in [9.17, 15) is 0 Å². The minimum Gasteiger partial charge on any atom is -0.340 e. The highest BCUT2D eigenvalue weighted by Crippen LogP contribution is 2.27. The van der Waals surface area contributed by atoms with Gasteiger partial charge in [-0.05, 0) is 43.7 Å². The van der Waals surface area contributed by atoms with Crippen LogP contribution in [-0.4, -0.2) is 23.1 Å². The summed E-state index contributed by atoms with van der Waals surface area (Å²) in [6.07, 6.45) is 2.27. The van der Waals surface area contributed by atoms with Crippen LogP contribution in [0.3, 0.4) is 0 Å². The third-order valence-corrected chi connectivity index (χ3v) is 4.84. The van der Waals surface area contributed by atoms with E-state index in [-0.39, 0.29) is 0 Å². The van der Waals surface area contributed by atoms with Crippen LogP contribution in [0.15, 0.2) is 60.7 Å². The predicted octanol–water partition coefficient (Wildman–Crippen LogP) is 5.01. The number of hydrogen-bond donors (Lipinski definition) is 2. The fourth-order valence-corrected chi connectivity index (χ4v) is 3.35. The van der Waals surface area contributed by atoms with E-state index in [1.165, 1.54) is 0 Å². The van der Waals surface area contributed by atoms with Gasteiger partial charge in [-0.15, -0.1) is 0 Å². The van der Waals surface area contributed by atoms with Gasteiger partial charge in [0.2, 0.25) is 0 Å². The van der Waals surface area contributed by atoms with Crippen molar-refractivity contribution in [2.24, 2.45) is 0 Å². The summed E-state index contributed by atoms with van der Waals surface area (Å²) in [5.74, 6) is 2.05. The molecule has 0 spiro atoms. The van der Waals surface area contributed by atoms with Crippen molar-refractivity contribution in [2.45, 2.75) is 18.8 Å². The Kier molecular flexibility index (Phi) is 5.14. The molecular formula is C21H21ClN4. The van der Waals surface area contributed by atoms with Gasteiger partial charge >= 0.3 is 0 Å². The van der Waals surface area contributed by atoms with E-state index >= 15 is 0 Å². The summed E-state index contributed by atoms with van der Waals surface area (Å²) in [6, 6.07) is 19.9. The second-order valence-electron chi connectivity index (χ2n) is 6.54. The maximum Gasteiger partial charge on any atom is 0.135 e. The minimum atomic E-state index is 0.346. The molecule has 2 N–H and O–H groups in total. The van der Waals surface area contributed by atoms with Gasteiger partial charge in [-0.25, -0.2) is 9.97 Å². The summed E-state index contributed by atoms with van der Waals surface area (Å²) in [6.45, 7) is 2.00. The summed E-state index contributed by atoms with van der Waals surface area (Å²) in [5, 5.41) is 7.56. The second-order valence-corrected chi connectivity index (χ2v) is 6.97. The van der Waals surface area contributed by atoms with Crippen molar-refractivity contribution in [3.05, 3.63) is 71.5 Å². The maximum absolute atomic E-state index is 5.99. The van der Waals surface area contributed by atoms with Gasteiger partial charge in [0.05, 0.1) is 5.69 Å². The molecule has 4 rings (SSSR count). The van der Waals surface area contributed by atoms with Gasteiger partial charge in [-0.2, -0.15) is 0 Å². The molecule has 0 radical (unpaired) electrons. The van der Waals surface area contributed by atoms with Crippen molar-refractivity contribution in [1.29, 1.82) is 0 Å². The zero-order chi connectivity index (χ0) is 17.8. The van der Waals surface area contributed by atoms with Gasteiger partial charge in [0, 0.05) is 34.8 Å². The van der Waals surface area contributed by atoms with Crippen molar-refractivity contribution in [1.82, 2.24) is 15.3 Å². The first kappa shape index (κ1) is 17.0. The molecular weight excluding hydrogens is 344 g/mol. The SMILES string of the molecule is Clc1ccc(Nc2cc(-c3ccccc3)nc(C3CCCNC3)n2)cc1. The molecule has 3 aromatic rings. The molecule has 26 heavy (non-hydrogen) atoms. The second kappa shape index (κ2) is 7.85. The quantitative estimate of drug-likeness (QED) is 0.683. The molecule has 0 aliphatic carbocycles. The Morgan fingerprint density at radius 3 is 2.54 bits per heavy atom. The lowest BCUT2D eigenvalue weighted by Gasteiger charge is -2.22. The number of aromatic nitrogens is 2. The molecule has 1 saturated heterocycles. The maximum atomic E-state index is 5.99. The lowest BCUT2D eigenvalue weighted by molar-refractivity contribution is 0.447. The van der Waals surface area contributed by atoms with E-state index in [0.29, 0.717) is 5.92 Å². The lowest BCUT2D eigenvalue weighted by atomic mass is 9.98. The Bertz CT molecular complexity index is 859. The topological polar surface area (TPSA) is 49.8 Å². The van der Waals surface area contributed by atoms with Crippen LogP contribution in [0, 0.1) is 0 Å². The smallest absolute Gasteiger partial charge is 0.135 e. The van der Waals surface area contributed by atoms with E-state index < -0.39 is 0 Å². The molecule has 1 aliphatic rings. The Morgan fingerprint density at radius 2 is 1.81 bits per heavy atom. The van der Waals surface area contributed by atoms with Crippen LogP contribution in [-0.2, 0) is 0 Å². The van der Waals surface area contributed by atoms with Crippen LogP contribution >= 0.6 is 11.6 Å².